The summed E-state index contributed by atoms with van der Waals surface area (Å²) in [5, 5.41) is 11.1. The van der Waals surface area contributed by atoms with Crippen LogP contribution >= 0.6 is 0 Å². The van der Waals surface area contributed by atoms with Crippen LogP contribution in [0.15, 0.2) is 42.5 Å². The number of esters is 1. The van der Waals surface area contributed by atoms with Crippen LogP contribution in [0.1, 0.15) is 27.1 Å². The highest BCUT2D eigenvalue weighted by atomic mass is 19.1. The fourth-order valence-corrected chi connectivity index (χ4v) is 2.75. The van der Waals surface area contributed by atoms with E-state index in [1.807, 2.05) is 0 Å². The number of nitro benzene ring substituents is 1. The lowest BCUT2D eigenvalue weighted by atomic mass is 10.1. The Morgan fingerprint density at radius 1 is 1.07 bits per heavy atom. The van der Waals surface area contributed by atoms with Crippen LogP contribution in [-0.2, 0) is 9.53 Å². The lowest BCUT2D eigenvalue weighted by Crippen LogP contribution is -2.35. The molecule has 150 valence electrons. The zero-order valence-electron chi connectivity index (χ0n) is 15.0. The molecule has 2 aromatic rings. The maximum absolute atomic E-state index is 12.8. The molecule has 3 rings (SSSR count). The second kappa shape index (κ2) is 8.46. The lowest BCUT2D eigenvalue weighted by Gasteiger charge is -2.13. The Hall–Kier alpha value is -3.82. The molecule has 0 atom stereocenters. The number of ether oxygens (including phenoxy) is 2. The van der Waals surface area contributed by atoms with Gasteiger partial charge in [-0.25, -0.2) is 4.39 Å². The van der Waals surface area contributed by atoms with Crippen molar-refractivity contribution in [3.63, 3.8) is 0 Å². The summed E-state index contributed by atoms with van der Waals surface area (Å²) in [6.07, 6.45) is 0.330. The number of rotatable bonds is 8. The molecule has 0 fully saturated rings. The van der Waals surface area contributed by atoms with Crippen LogP contribution in [0.5, 0.6) is 5.75 Å². The zero-order valence-corrected chi connectivity index (χ0v) is 15.0. The number of fused-ring (bicyclic) bond motifs is 1. The highest BCUT2D eigenvalue weighted by Gasteiger charge is 2.41. The van der Waals surface area contributed by atoms with Gasteiger partial charge in [0.1, 0.15) is 23.7 Å². The van der Waals surface area contributed by atoms with Crippen molar-refractivity contribution in [1.82, 2.24) is 4.90 Å². The van der Waals surface area contributed by atoms with Gasteiger partial charge in [-0.05, 0) is 30.3 Å². The number of halogens is 1. The lowest BCUT2D eigenvalue weighted by molar-refractivity contribution is -0.385. The molecule has 2 amide bonds. The number of hydrogen-bond donors (Lipinski definition) is 0. The van der Waals surface area contributed by atoms with Crippen LogP contribution in [0.2, 0.25) is 0 Å². The van der Waals surface area contributed by atoms with Crippen molar-refractivity contribution in [1.29, 1.82) is 0 Å². The molecule has 0 bridgehead atoms. The molecule has 0 saturated carbocycles. The van der Waals surface area contributed by atoms with Gasteiger partial charge in [-0.1, -0.05) is 6.07 Å². The maximum atomic E-state index is 12.8. The fraction of sp³-hybridized carbons (Fsp3) is 0.211. The van der Waals surface area contributed by atoms with E-state index in [1.54, 1.807) is 0 Å². The summed E-state index contributed by atoms with van der Waals surface area (Å²) in [5.74, 6) is -2.45. The number of amides is 2. The third kappa shape index (κ3) is 4.37. The third-order valence-corrected chi connectivity index (χ3v) is 4.10. The van der Waals surface area contributed by atoms with E-state index in [9.17, 15) is 28.9 Å². The van der Waals surface area contributed by atoms with Crippen LogP contribution in [0.4, 0.5) is 10.1 Å². The summed E-state index contributed by atoms with van der Waals surface area (Å²) >= 11 is 0. The largest absolute Gasteiger partial charge is 0.493 e. The van der Waals surface area contributed by atoms with Crippen LogP contribution < -0.4 is 4.74 Å². The first-order valence-corrected chi connectivity index (χ1v) is 8.56. The van der Waals surface area contributed by atoms with E-state index >= 15 is 0 Å². The predicted molar refractivity (Wildman–Crippen MR) is 95.9 cm³/mol. The monoisotopic (exact) mass is 402 g/mol. The minimum Gasteiger partial charge on any atom is -0.493 e. The standard InChI is InChI=1S/C19H15FN2O7/c20-12-5-7-13(8-6-12)28-9-2-10-29-16(23)11-21-18(24)14-3-1-4-15(22(26)27)17(14)19(21)25/h1,3-8H,2,9-11H2. The average molecular weight is 402 g/mol. The molecule has 2 aromatic carbocycles. The van der Waals surface area contributed by atoms with Gasteiger partial charge in [-0.3, -0.25) is 29.4 Å². The number of carbonyl (C=O) groups is 3. The minimum atomic E-state index is -0.908. The van der Waals surface area contributed by atoms with Crippen LogP contribution in [-0.4, -0.2) is 47.4 Å². The van der Waals surface area contributed by atoms with Crippen molar-refractivity contribution in [2.45, 2.75) is 6.42 Å². The molecule has 0 aliphatic carbocycles. The van der Waals surface area contributed by atoms with E-state index in [0.717, 1.165) is 6.07 Å². The highest BCUT2D eigenvalue weighted by Crippen LogP contribution is 2.30. The van der Waals surface area contributed by atoms with Gasteiger partial charge >= 0.3 is 5.97 Å². The molecule has 0 radical (unpaired) electrons. The van der Waals surface area contributed by atoms with Gasteiger partial charge in [-0.15, -0.1) is 0 Å². The molecule has 1 heterocycles. The van der Waals surface area contributed by atoms with Gasteiger partial charge in [-0.2, -0.15) is 0 Å². The van der Waals surface area contributed by atoms with Crippen molar-refractivity contribution in [3.8, 4) is 5.75 Å². The van der Waals surface area contributed by atoms with E-state index in [1.165, 1.54) is 36.4 Å². The second-order valence-corrected chi connectivity index (χ2v) is 6.03. The summed E-state index contributed by atoms with van der Waals surface area (Å²) in [5.41, 5.74) is -0.942. The Morgan fingerprint density at radius 2 is 1.79 bits per heavy atom. The smallest absolute Gasteiger partial charge is 0.326 e. The molecule has 10 heteroatoms. The Bertz CT molecular complexity index is 975. The van der Waals surface area contributed by atoms with Gasteiger partial charge in [0.25, 0.3) is 17.5 Å². The van der Waals surface area contributed by atoms with Crippen molar-refractivity contribution < 1.29 is 33.2 Å². The van der Waals surface area contributed by atoms with Crippen LogP contribution in [0.3, 0.4) is 0 Å². The molecular formula is C19H15FN2O7. The summed E-state index contributed by atoms with van der Waals surface area (Å²) in [4.78, 5) is 47.5. The number of carbonyl (C=O) groups excluding carboxylic acids is 3. The second-order valence-electron chi connectivity index (χ2n) is 6.03. The normalized spacial score (nSPS) is 12.7. The number of hydrogen-bond acceptors (Lipinski definition) is 7. The van der Waals surface area contributed by atoms with Crippen LogP contribution in [0.25, 0.3) is 0 Å². The average Bonchev–Trinajstić information content (AvgIpc) is 2.94. The summed E-state index contributed by atoms with van der Waals surface area (Å²) in [6.45, 7) is -0.468. The van der Waals surface area contributed by atoms with E-state index in [4.69, 9.17) is 9.47 Å². The number of benzene rings is 2. The summed E-state index contributed by atoms with van der Waals surface area (Å²) in [6, 6.07) is 9.13. The molecule has 9 nitrogen and oxygen atoms in total. The van der Waals surface area contributed by atoms with Crippen molar-refractivity contribution in [3.05, 3.63) is 69.5 Å². The quantitative estimate of drug-likeness (QED) is 0.219. The van der Waals surface area contributed by atoms with E-state index in [-0.39, 0.29) is 30.2 Å². The topological polar surface area (TPSA) is 116 Å². The zero-order chi connectivity index (χ0) is 21.0. The molecule has 0 saturated heterocycles. The molecule has 1 aliphatic heterocycles. The maximum Gasteiger partial charge on any atom is 0.326 e. The summed E-state index contributed by atoms with van der Waals surface area (Å²) in [7, 11) is 0. The molecule has 29 heavy (non-hydrogen) atoms. The highest BCUT2D eigenvalue weighted by molar-refractivity contribution is 6.24. The van der Waals surface area contributed by atoms with Crippen LogP contribution in [0, 0.1) is 15.9 Å². The SMILES string of the molecule is O=C(CN1C(=O)c2cccc([N+](=O)[O-])c2C1=O)OCCCOc1ccc(F)cc1. The fourth-order valence-electron chi connectivity index (χ4n) is 2.75. The van der Waals surface area contributed by atoms with Gasteiger partial charge in [0, 0.05) is 12.5 Å². The molecule has 0 aromatic heterocycles. The molecule has 1 aliphatic rings. The molecular weight excluding hydrogens is 387 g/mol. The Balaban J connectivity index is 1.49. The van der Waals surface area contributed by atoms with Crippen molar-refractivity contribution >= 4 is 23.5 Å². The molecule has 0 N–H and O–H groups in total. The van der Waals surface area contributed by atoms with E-state index in [2.05, 4.69) is 0 Å². The van der Waals surface area contributed by atoms with E-state index in [0.29, 0.717) is 17.1 Å². The van der Waals surface area contributed by atoms with E-state index < -0.39 is 34.9 Å². The first kappa shape index (κ1) is 19.9. The van der Waals surface area contributed by atoms with Gasteiger partial charge < -0.3 is 9.47 Å². The molecule has 0 spiro atoms. The van der Waals surface area contributed by atoms with Crippen molar-refractivity contribution in [2.75, 3.05) is 19.8 Å². The first-order valence-electron chi connectivity index (χ1n) is 8.56. The van der Waals surface area contributed by atoms with Gasteiger partial charge in [0.15, 0.2) is 0 Å². The Morgan fingerprint density at radius 3 is 2.48 bits per heavy atom. The van der Waals surface area contributed by atoms with Gasteiger partial charge in [0.2, 0.25) is 0 Å². The number of nitrogens with zero attached hydrogens (tertiary/aromatic N) is 2. The van der Waals surface area contributed by atoms with Gasteiger partial charge in [0.05, 0.1) is 23.7 Å². The number of nitro groups is 1. The minimum absolute atomic E-state index is 0.0245. The molecule has 0 unspecified atom stereocenters. The third-order valence-electron chi connectivity index (χ3n) is 4.10. The number of imide groups is 1. The summed E-state index contributed by atoms with van der Waals surface area (Å²) < 4.78 is 23.1. The predicted octanol–water partition coefficient (Wildman–Crippen LogP) is 2.34. The first-order chi connectivity index (χ1) is 13.9. The Labute approximate surface area is 163 Å². The Kier molecular flexibility index (Phi) is 5.82. The van der Waals surface area contributed by atoms with Crippen molar-refractivity contribution in [2.24, 2.45) is 0 Å².